The zero-order valence-electron chi connectivity index (χ0n) is 11.0. The van der Waals surface area contributed by atoms with E-state index >= 15 is 0 Å². The van der Waals surface area contributed by atoms with Crippen LogP contribution in [0.1, 0.15) is 37.4 Å². The van der Waals surface area contributed by atoms with Gasteiger partial charge < -0.3 is 4.74 Å². The van der Waals surface area contributed by atoms with E-state index in [1.807, 2.05) is 28.9 Å². The summed E-state index contributed by atoms with van der Waals surface area (Å²) in [6, 6.07) is 8.00. The molecule has 0 radical (unpaired) electrons. The number of benzene rings is 1. The van der Waals surface area contributed by atoms with Crippen LogP contribution in [-0.4, -0.2) is 21.9 Å². The van der Waals surface area contributed by atoms with E-state index in [0.29, 0.717) is 11.3 Å². The van der Waals surface area contributed by atoms with E-state index < -0.39 is 0 Å². The first-order valence-electron chi connectivity index (χ1n) is 6.87. The fourth-order valence-electron chi connectivity index (χ4n) is 3.31. The van der Waals surface area contributed by atoms with Crippen molar-refractivity contribution in [2.45, 2.75) is 31.6 Å². The van der Waals surface area contributed by atoms with Gasteiger partial charge in [0.25, 0.3) is 0 Å². The van der Waals surface area contributed by atoms with Crippen LogP contribution >= 0.6 is 0 Å². The maximum Gasteiger partial charge on any atom is 0.138 e. The number of hydrogen-bond acceptors (Lipinski definition) is 3. The van der Waals surface area contributed by atoms with Gasteiger partial charge in [-0.3, -0.25) is 0 Å². The summed E-state index contributed by atoms with van der Waals surface area (Å²) in [6.45, 7) is 0. The monoisotopic (exact) mass is 255 g/mol. The van der Waals surface area contributed by atoms with Gasteiger partial charge in [-0.1, -0.05) is 6.42 Å². The topological polar surface area (TPSA) is 39.9 Å². The van der Waals surface area contributed by atoms with Gasteiger partial charge in [0.2, 0.25) is 0 Å². The van der Waals surface area contributed by atoms with Gasteiger partial charge in [-0.05, 0) is 48.9 Å². The summed E-state index contributed by atoms with van der Waals surface area (Å²) in [4.78, 5) is 4.50. The van der Waals surface area contributed by atoms with Crippen molar-refractivity contribution in [3.05, 3.63) is 36.4 Å². The fourth-order valence-corrected chi connectivity index (χ4v) is 3.31. The second kappa shape index (κ2) is 3.83. The Labute approximate surface area is 112 Å². The number of ether oxygens (including phenoxy) is 1. The van der Waals surface area contributed by atoms with Gasteiger partial charge in [-0.25, -0.2) is 9.67 Å². The molecule has 0 bridgehead atoms. The SMILES string of the molecule is COc1ccc(-n2ncnc2C2CC23CCC3)cc1. The standard InChI is InChI=1S/C15H17N3O/c1-19-12-5-3-11(4-6-12)18-14(16-10-17-18)13-9-15(13)7-2-8-15/h3-6,10,13H,2,7-9H2,1H3. The maximum atomic E-state index is 5.19. The van der Waals surface area contributed by atoms with Crippen LogP contribution in [0.2, 0.25) is 0 Å². The molecule has 2 aromatic rings. The maximum absolute atomic E-state index is 5.19. The first-order chi connectivity index (χ1) is 9.32. The normalized spacial score (nSPS) is 23.1. The number of rotatable bonds is 3. The lowest BCUT2D eigenvalue weighted by Crippen LogP contribution is -2.15. The molecule has 2 saturated carbocycles. The number of methoxy groups -OCH3 is 1. The third kappa shape index (κ3) is 1.59. The molecule has 1 atom stereocenters. The van der Waals surface area contributed by atoms with E-state index in [0.717, 1.165) is 17.3 Å². The molecule has 4 nitrogen and oxygen atoms in total. The Bertz CT molecular complexity index is 598. The first kappa shape index (κ1) is 11.0. The molecule has 0 N–H and O–H groups in total. The first-order valence-corrected chi connectivity index (χ1v) is 6.87. The highest BCUT2D eigenvalue weighted by Gasteiger charge is 2.59. The highest BCUT2D eigenvalue weighted by molar-refractivity contribution is 5.38. The van der Waals surface area contributed by atoms with Crippen LogP contribution in [0.3, 0.4) is 0 Å². The molecule has 1 heterocycles. The summed E-state index contributed by atoms with van der Waals surface area (Å²) in [5.41, 5.74) is 1.65. The molecular formula is C15H17N3O. The third-order valence-electron chi connectivity index (χ3n) is 4.74. The van der Waals surface area contributed by atoms with E-state index in [4.69, 9.17) is 4.74 Å². The molecular weight excluding hydrogens is 238 g/mol. The van der Waals surface area contributed by atoms with Gasteiger partial charge in [0.1, 0.15) is 17.9 Å². The van der Waals surface area contributed by atoms with Crippen molar-refractivity contribution >= 4 is 0 Å². The molecule has 4 heteroatoms. The Balaban J connectivity index is 1.66. The van der Waals surface area contributed by atoms with Crippen LogP contribution in [0.5, 0.6) is 5.75 Å². The van der Waals surface area contributed by atoms with E-state index in [1.54, 1.807) is 13.4 Å². The number of aromatic nitrogens is 3. The van der Waals surface area contributed by atoms with Crippen LogP contribution in [0.25, 0.3) is 5.69 Å². The minimum absolute atomic E-state index is 0.581. The average Bonchev–Trinajstić information content (AvgIpc) is 3.01. The average molecular weight is 255 g/mol. The predicted molar refractivity (Wildman–Crippen MR) is 71.6 cm³/mol. The highest BCUT2D eigenvalue weighted by atomic mass is 16.5. The van der Waals surface area contributed by atoms with Crippen molar-refractivity contribution in [3.8, 4) is 11.4 Å². The van der Waals surface area contributed by atoms with E-state index in [9.17, 15) is 0 Å². The molecule has 1 aromatic carbocycles. The molecule has 98 valence electrons. The Morgan fingerprint density at radius 2 is 2.05 bits per heavy atom. The Morgan fingerprint density at radius 3 is 2.63 bits per heavy atom. The second-order valence-corrected chi connectivity index (χ2v) is 5.70. The second-order valence-electron chi connectivity index (χ2n) is 5.70. The van der Waals surface area contributed by atoms with Crippen molar-refractivity contribution in [3.63, 3.8) is 0 Å². The summed E-state index contributed by atoms with van der Waals surface area (Å²) in [5.74, 6) is 2.61. The lowest BCUT2D eigenvalue weighted by molar-refractivity contribution is 0.274. The van der Waals surface area contributed by atoms with E-state index in [-0.39, 0.29) is 0 Å². The molecule has 2 aliphatic rings. The Kier molecular flexibility index (Phi) is 2.22. The summed E-state index contributed by atoms with van der Waals surface area (Å²) in [5, 5.41) is 4.39. The molecule has 1 aromatic heterocycles. The highest BCUT2D eigenvalue weighted by Crippen LogP contribution is 2.69. The molecule has 19 heavy (non-hydrogen) atoms. The molecule has 1 spiro atoms. The zero-order chi connectivity index (χ0) is 12.9. The predicted octanol–water partition coefficient (Wildman–Crippen LogP) is 2.93. The molecule has 0 amide bonds. The zero-order valence-corrected chi connectivity index (χ0v) is 11.0. The van der Waals surface area contributed by atoms with Crippen LogP contribution in [0.4, 0.5) is 0 Å². The van der Waals surface area contributed by atoms with Crippen molar-refractivity contribution in [1.29, 1.82) is 0 Å². The fraction of sp³-hybridized carbons (Fsp3) is 0.467. The minimum Gasteiger partial charge on any atom is -0.497 e. The minimum atomic E-state index is 0.581. The lowest BCUT2D eigenvalue weighted by Gasteiger charge is -2.26. The number of nitrogens with zero attached hydrogens (tertiary/aromatic N) is 3. The van der Waals surface area contributed by atoms with Crippen LogP contribution in [0.15, 0.2) is 30.6 Å². The molecule has 2 fully saturated rings. The van der Waals surface area contributed by atoms with Gasteiger partial charge >= 0.3 is 0 Å². The Hall–Kier alpha value is -1.84. The van der Waals surface area contributed by atoms with Crippen LogP contribution in [-0.2, 0) is 0 Å². The molecule has 4 rings (SSSR count). The third-order valence-corrected chi connectivity index (χ3v) is 4.74. The van der Waals surface area contributed by atoms with Crippen molar-refractivity contribution in [2.75, 3.05) is 7.11 Å². The van der Waals surface area contributed by atoms with Gasteiger partial charge in [-0.2, -0.15) is 5.10 Å². The summed E-state index contributed by atoms with van der Waals surface area (Å²) in [6.07, 6.45) is 7.08. The van der Waals surface area contributed by atoms with Gasteiger partial charge in [0.15, 0.2) is 0 Å². The molecule has 2 aliphatic carbocycles. The van der Waals surface area contributed by atoms with Crippen LogP contribution < -0.4 is 4.74 Å². The summed E-state index contributed by atoms with van der Waals surface area (Å²) >= 11 is 0. The van der Waals surface area contributed by atoms with E-state index in [2.05, 4.69) is 10.1 Å². The van der Waals surface area contributed by atoms with Crippen molar-refractivity contribution in [2.24, 2.45) is 5.41 Å². The Morgan fingerprint density at radius 1 is 1.26 bits per heavy atom. The quantitative estimate of drug-likeness (QED) is 0.846. The molecule has 0 aliphatic heterocycles. The van der Waals surface area contributed by atoms with Gasteiger partial charge in [0.05, 0.1) is 12.8 Å². The summed E-state index contributed by atoms with van der Waals surface area (Å²) in [7, 11) is 1.68. The van der Waals surface area contributed by atoms with Crippen molar-refractivity contribution < 1.29 is 4.74 Å². The van der Waals surface area contributed by atoms with Crippen molar-refractivity contribution in [1.82, 2.24) is 14.8 Å². The summed E-state index contributed by atoms with van der Waals surface area (Å²) < 4.78 is 7.17. The van der Waals surface area contributed by atoms with Gasteiger partial charge in [0, 0.05) is 5.92 Å². The van der Waals surface area contributed by atoms with Crippen LogP contribution in [0, 0.1) is 5.41 Å². The lowest BCUT2D eigenvalue weighted by atomic mass is 9.79. The molecule has 1 unspecified atom stereocenters. The van der Waals surface area contributed by atoms with E-state index in [1.165, 1.54) is 25.7 Å². The molecule has 0 saturated heterocycles. The van der Waals surface area contributed by atoms with Gasteiger partial charge in [-0.15, -0.1) is 0 Å². The largest absolute Gasteiger partial charge is 0.497 e. The smallest absolute Gasteiger partial charge is 0.138 e. The number of hydrogen-bond donors (Lipinski definition) is 0.